The summed E-state index contributed by atoms with van der Waals surface area (Å²) in [5.74, 6) is 0.452. The number of hydrogen-bond acceptors (Lipinski definition) is 3. The van der Waals surface area contributed by atoms with E-state index in [1.807, 2.05) is 23.9 Å². The lowest BCUT2D eigenvalue weighted by molar-refractivity contribution is 0.287. The quantitative estimate of drug-likeness (QED) is 0.855. The van der Waals surface area contributed by atoms with Gasteiger partial charge in [0, 0.05) is 12.7 Å². The molecule has 0 aromatic carbocycles. The summed E-state index contributed by atoms with van der Waals surface area (Å²) in [7, 11) is 0. The third-order valence-corrected chi connectivity index (χ3v) is 4.19. The molecule has 0 bridgehead atoms. The summed E-state index contributed by atoms with van der Waals surface area (Å²) < 4.78 is 2.00. The van der Waals surface area contributed by atoms with E-state index in [1.165, 1.54) is 0 Å². The summed E-state index contributed by atoms with van der Waals surface area (Å²) in [6.45, 7) is 6.00. The Morgan fingerprint density at radius 2 is 2.47 bits per heavy atom. The van der Waals surface area contributed by atoms with Crippen LogP contribution in [0.3, 0.4) is 0 Å². The van der Waals surface area contributed by atoms with Gasteiger partial charge in [-0.25, -0.2) is 0 Å². The molecule has 0 spiro atoms. The minimum Gasteiger partial charge on any atom is -0.299 e. The van der Waals surface area contributed by atoms with E-state index in [1.54, 1.807) is 0 Å². The van der Waals surface area contributed by atoms with Crippen LogP contribution in [0.25, 0.3) is 0 Å². The summed E-state index contributed by atoms with van der Waals surface area (Å²) in [6, 6.07) is 4.59. The summed E-state index contributed by atoms with van der Waals surface area (Å²) in [4.78, 5) is 0. The molecule has 1 aliphatic carbocycles. The molecule has 0 aliphatic heterocycles. The van der Waals surface area contributed by atoms with Crippen molar-refractivity contribution >= 4 is 0 Å². The molecular formula is C15H24N4. The molecule has 1 heterocycles. The van der Waals surface area contributed by atoms with Crippen molar-refractivity contribution in [1.29, 1.82) is 5.26 Å². The molecule has 19 heavy (non-hydrogen) atoms. The van der Waals surface area contributed by atoms with Crippen LogP contribution in [0.5, 0.6) is 0 Å². The predicted octanol–water partition coefficient (Wildman–Crippen LogP) is 2.64. The number of nitrogens with zero attached hydrogens (tertiary/aromatic N) is 3. The van der Waals surface area contributed by atoms with Crippen molar-refractivity contribution in [3.8, 4) is 6.07 Å². The number of rotatable bonds is 6. The highest BCUT2D eigenvalue weighted by atomic mass is 15.3. The summed E-state index contributed by atoms with van der Waals surface area (Å²) in [6.07, 6.45) is 7.45. The molecule has 2 rings (SSSR count). The van der Waals surface area contributed by atoms with Crippen molar-refractivity contribution in [2.45, 2.75) is 58.0 Å². The fourth-order valence-electron chi connectivity index (χ4n) is 3.11. The SMILES string of the molecule is CCCNC1(C#N)CCCC1CCn1ccc(C)n1. The van der Waals surface area contributed by atoms with Crippen LogP contribution in [0.15, 0.2) is 12.3 Å². The molecule has 2 atom stereocenters. The Bertz CT molecular complexity index is 445. The molecular weight excluding hydrogens is 236 g/mol. The summed E-state index contributed by atoms with van der Waals surface area (Å²) in [5.41, 5.74) is 0.764. The van der Waals surface area contributed by atoms with Crippen molar-refractivity contribution in [2.24, 2.45) is 5.92 Å². The van der Waals surface area contributed by atoms with E-state index in [9.17, 15) is 5.26 Å². The monoisotopic (exact) mass is 260 g/mol. The van der Waals surface area contributed by atoms with Gasteiger partial charge in [0.05, 0.1) is 11.8 Å². The van der Waals surface area contributed by atoms with Crippen LogP contribution in [0.4, 0.5) is 0 Å². The lowest BCUT2D eigenvalue weighted by Gasteiger charge is -2.30. The maximum absolute atomic E-state index is 9.58. The number of nitrogens with one attached hydrogen (secondary N) is 1. The number of aromatic nitrogens is 2. The Kier molecular flexibility index (Phi) is 4.60. The zero-order valence-corrected chi connectivity index (χ0v) is 12.0. The zero-order valence-electron chi connectivity index (χ0n) is 12.0. The molecule has 1 N–H and O–H groups in total. The maximum Gasteiger partial charge on any atom is 0.109 e. The van der Waals surface area contributed by atoms with E-state index < -0.39 is 0 Å². The van der Waals surface area contributed by atoms with Crippen LogP contribution in [-0.2, 0) is 6.54 Å². The van der Waals surface area contributed by atoms with Gasteiger partial charge in [-0.15, -0.1) is 0 Å². The Morgan fingerprint density at radius 3 is 3.11 bits per heavy atom. The van der Waals surface area contributed by atoms with Crippen molar-refractivity contribution in [1.82, 2.24) is 15.1 Å². The van der Waals surface area contributed by atoms with E-state index >= 15 is 0 Å². The number of aryl methyl sites for hydroxylation is 2. The molecule has 0 radical (unpaired) electrons. The Balaban J connectivity index is 1.96. The third-order valence-electron chi connectivity index (χ3n) is 4.19. The second-order valence-corrected chi connectivity index (χ2v) is 5.61. The van der Waals surface area contributed by atoms with Crippen LogP contribution in [0.2, 0.25) is 0 Å². The minimum absolute atomic E-state index is 0.293. The first-order valence-corrected chi connectivity index (χ1v) is 7.36. The molecule has 1 aromatic heterocycles. The van der Waals surface area contributed by atoms with Gasteiger partial charge in [-0.2, -0.15) is 10.4 Å². The van der Waals surface area contributed by atoms with Crippen LogP contribution in [0.1, 0.15) is 44.7 Å². The zero-order chi connectivity index (χ0) is 13.7. The molecule has 1 fully saturated rings. The average molecular weight is 260 g/mol. The Labute approximate surface area is 115 Å². The van der Waals surface area contributed by atoms with Crippen molar-refractivity contribution in [3.63, 3.8) is 0 Å². The summed E-state index contributed by atoms with van der Waals surface area (Å²) in [5, 5.41) is 17.5. The first-order chi connectivity index (χ1) is 9.20. The lowest BCUT2D eigenvalue weighted by Crippen LogP contribution is -2.47. The first-order valence-electron chi connectivity index (χ1n) is 7.36. The van der Waals surface area contributed by atoms with Crippen LogP contribution >= 0.6 is 0 Å². The highest BCUT2D eigenvalue weighted by Gasteiger charge is 2.42. The molecule has 0 amide bonds. The first kappa shape index (κ1) is 14.1. The topological polar surface area (TPSA) is 53.6 Å². The molecule has 2 unspecified atom stereocenters. The van der Waals surface area contributed by atoms with Crippen LogP contribution in [0, 0.1) is 24.2 Å². The van der Waals surface area contributed by atoms with E-state index in [-0.39, 0.29) is 5.54 Å². The van der Waals surface area contributed by atoms with E-state index in [0.717, 1.165) is 50.9 Å². The Morgan fingerprint density at radius 1 is 1.63 bits per heavy atom. The van der Waals surface area contributed by atoms with Crippen molar-refractivity contribution in [2.75, 3.05) is 6.54 Å². The normalized spacial score (nSPS) is 26.5. The van der Waals surface area contributed by atoms with Gasteiger partial charge in [-0.1, -0.05) is 13.3 Å². The van der Waals surface area contributed by atoms with Gasteiger partial charge >= 0.3 is 0 Å². The highest BCUT2D eigenvalue weighted by Crippen LogP contribution is 2.37. The molecule has 1 aromatic rings. The van der Waals surface area contributed by atoms with E-state index in [0.29, 0.717) is 5.92 Å². The molecule has 104 valence electrons. The highest BCUT2D eigenvalue weighted by molar-refractivity contribution is 5.14. The van der Waals surface area contributed by atoms with Crippen LogP contribution < -0.4 is 5.32 Å². The standard InChI is InChI=1S/C15H24N4/c1-3-9-17-15(12-16)8-4-5-14(15)7-11-19-10-6-13(2)18-19/h6,10,14,17H,3-5,7-9,11H2,1-2H3. The van der Waals surface area contributed by atoms with Crippen molar-refractivity contribution in [3.05, 3.63) is 18.0 Å². The van der Waals surface area contributed by atoms with Gasteiger partial charge in [0.2, 0.25) is 0 Å². The van der Waals surface area contributed by atoms with Crippen LogP contribution in [-0.4, -0.2) is 21.9 Å². The molecule has 0 saturated heterocycles. The molecule has 4 heteroatoms. The molecule has 4 nitrogen and oxygen atoms in total. The minimum atomic E-state index is -0.293. The van der Waals surface area contributed by atoms with E-state index in [4.69, 9.17) is 0 Å². The molecule has 1 saturated carbocycles. The second-order valence-electron chi connectivity index (χ2n) is 5.61. The van der Waals surface area contributed by atoms with Gasteiger partial charge in [-0.3, -0.25) is 10.00 Å². The lowest BCUT2D eigenvalue weighted by atomic mass is 9.85. The summed E-state index contributed by atoms with van der Waals surface area (Å²) >= 11 is 0. The Hall–Kier alpha value is -1.34. The van der Waals surface area contributed by atoms with Gasteiger partial charge in [0.1, 0.15) is 5.54 Å². The molecule has 1 aliphatic rings. The van der Waals surface area contributed by atoms with Gasteiger partial charge in [0.15, 0.2) is 0 Å². The maximum atomic E-state index is 9.58. The third kappa shape index (κ3) is 3.16. The fourth-order valence-corrected chi connectivity index (χ4v) is 3.11. The largest absolute Gasteiger partial charge is 0.299 e. The van der Waals surface area contributed by atoms with Gasteiger partial charge in [0.25, 0.3) is 0 Å². The van der Waals surface area contributed by atoms with Crippen molar-refractivity contribution < 1.29 is 0 Å². The van der Waals surface area contributed by atoms with Gasteiger partial charge < -0.3 is 0 Å². The average Bonchev–Trinajstić information content (AvgIpc) is 3.01. The fraction of sp³-hybridized carbons (Fsp3) is 0.733. The number of nitriles is 1. The van der Waals surface area contributed by atoms with E-state index in [2.05, 4.69) is 23.4 Å². The van der Waals surface area contributed by atoms with Gasteiger partial charge in [-0.05, 0) is 51.1 Å². The predicted molar refractivity (Wildman–Crippen MR) is 75.6 cm³/mol. The smallest absolute Gasteiger partial charge is 0.109 e. The number of hydrogen-bond donors (Lipinski definition) is 1. The second kappa shape index (κ2) is 6.21.